The van der Waals surface area contributed by atoms with E-state index in [1.807, 2.05) is 0 Å². The van der Waals surface area contributed by atoms with Gasteiger partial charge in [-0.1, -0.05) is 11.6 Å². The summed E-state index contributed by atoms with van der Waals surface area (Å²) < 4.78 is 43.0. The van der Waals surface area contributed by atoms with Crippen molar-refractivity contribution >= 4 is 17.4 Å². The van der Waals surface area contributed by atoms with Gasteiger partial charge in [-0.25, -0.2) is 9.97 Å². The van der Waals surface area contributed by atoms with Crippen LogP contribution >= 0.6 is 11.6 Å². The number of hydrogen-bond donors (Lipinski definition) is 1. The fourth-order valence-corrected chi connectivity index (χ4v) is 1.51. The topological polar surface area (TPSA) is 61.0 Å². The SMILES string of the molecule is Nc1cnc(Oc2ccc(Cl)c(C(F)(F)F)c2)cn1. The van der Waals surface area contributed by atoms with Crippen molar-refractivity contribution in [2.75, 3.05) is 5.73 Å². The van der Waals surface area contributed by atoms with E-state index in [9.17, 15) is 13.2 Å². The van der Waals surface area contributed by atoms with Gasteiger partial charge in [0.05, 0.1) is 23.0 Å². The molecule has 0 aliphatic carbocycles. The van der Waals surface area contributed by atoms with Gasteiger partial charge in [-0.3, -0.25) is 0 Å². The molecule has 0 saturated heterocycles. The molecule has 0 saturated carbocycles. The number of nitrogen functional groups attached to an aromatic ring is 1. The van der Waals surface area contributed by atoms with Gasteiger partial charge < -0.3 is 10.5 Å². The molecule has 1 aromatic carbocycles. The van der Waals surface area contributed by atoms with Crippen LogP contribution in [-0.4, -0.2) is 9.97 Å². The van der Waals surface area contributed by atoms with Crippen LogP contribution in [0.3, 0.4) is 0 Å². The summed E-state index contributed by atoms with van der Waals surface area (Å²) in [6.07, 6.45) is -2.11. The summed E-state index contributed by atoms with van der Waals surface area (Å²) in [6, 6.07) is 3.19. The number of aromatic nitrogens is 2. The summed E-state index contributed by atoms with van der Waals surface area (Å²) in [5.41, 5.74) is 4.35. The highest BCUT2D eigenvalue weighted by Gasteiger charge is 2.33. The Balaban J connectivity index is 2.29. The number of nitrogens with two attached hydrogens (primary N) is 1. The number of halogens is 4. The number of anilines is 1. The van der Waals surface area contributed by atoms with Gasteiger partial charge in [0.1, 0.15) is 11.6 Å². The smallest absolute Gasteiger partial charge is 0.417 e. The second-order valence-electron chi connectivity index (χ2n) is 3.52. The molecule has 2 aromatic rings. The van der Waals surface area contributed by atoms with Crippen molar-refractivity contribution in [3.05, 3.63) is 41.2 Å². The largest absolute Gasteiger partial charge is 0.437 e. The first-order valence-corrected chi connectivity index (χ1v) is 5.36. The number of nitrogens with zero attached hydrogens (tertiary/aromatic N) is 2. The Kier molecular flexibility index (Phi) is 3.48. The summed E-state index contributed by atoms with van der Waals surface area (Å²) in [6.45, 7) is 0. The van der Waals surface area contributed by atoms with Crippen molar-refractivity contribution < 1.29 is 17.9 Å². The summed E-state index contributed by atoms with van der Waals surface area (Å²) >= 11 is 5.48. The zero-order chi connectivity index (χ0) is 14.0. The second-order valence-corrected chi connectivity index (χ2v) is 3.93. The van der Waals surface area contributed by atoms with Crippen molar-refractivity contribution in [3.8, 4) is 11.6 Å². The molecule has 19 heavy (non-hydrogen) atoms. The lowest BCUT2D eigenvalue weighted by Crippen LogP contribution is -2.06. The molecule has 2 rings (SSSR count). The number of hydrogen-bond acceptors (Lipinski definition) is 4. The minimum atomic E-state index is -4.55. The van der Waals surface area contributed by atoms with E-state index >= 15 is 0 Å². The number of alkyl halides is 3. The highest BCUT2D eigenvalue weighted by atomic mass is 35.5. The molecule has 0 aliphatic rings. The number of benzene rings is 1. The molecule has 1 aromatic heterocycles. The molecule has 0 bridgehead atoms. The third-order valence-corrected chi connectivity index (χ3v) is 2.44. The molecule has 0 spiro atoms. The summed E-state index contributed by atoms with van der Waals surface area (Å²) in [5.74, 6) is 0.167. The molecule has 0 unspecified atom stereocenters. The van der Waals surface area contributed by atoms with Gasteiger partial charge in [0.2, 0.25) is 5.88 Å². The van der Waals surface area contributed by atoms with Gasteiger partial charge in [0.15, 0.2) is 0 Å². The van der Waals surface area contributed by atoms with Gasteiger partial charge in [-0.05, 0) is 18.2 Å². The van der Waals surface area contributed by atoms with Crippen molar-refractivity contribution in [2.45, 2.75) is 6.18 Å². The molecule has 1 heterocycles. The highest BCUT2D eigenvalue weighted by Crippen LogP contribution is 2.37. The van der Waals surface area contributed by atoms with E-state index in [-0.39, 0.29) is 17.4 Å². The number of ether oxygens (including phenoxy) is 1. The molecular formula is C11H7ClF3N3O. The molecule has 0 radical (unpaired) electrons. The Hall–Kier alpha value is -2.02. The monoisotopic (exact) mass is 289 g/mol. The van der Waals surface area contributed by atoms with E-state index in [1.165, 1.54) is 18.5 Å². The predicted octanol–water partition coefficient (Wildman–Crippen LogP) is 3.52. The van der Waals surface area contributed by atoms with Gasteiger partial charge in [-0.15, -0.1) is 0 Å². The first kappa shape index (κ1) is 13.4. The average Bonchev–Trinajstić information content (AvgIpc) is 2.33. The summed E-state index contributed by atoms with van der Waals surface area (Å²) in [4.78, 5) is 7.47. The van der Waals surface area contributed by atoms with Crippen molar-refractivity contribution in [1.82, 2.24) is 9.97 Å². The van der Waals surface area contributed by atoms with Gasteiger partial charge in [-0.2, -0.15) is 13.2 Å². The highest BCUT2D eigenvalue weighted by molar-refractivity contribution is 6.31. The predicted molar refractivity (Wildman–Crippen MR) is 63.0 cm³/mol. The van der Waals surface area contributed by atoms with Crippen molar-refractivity contribution in [3.63, 3.8) is 0 Å². The van der Waals surface area contributed by atoms with E-state index in [0.717, 1.165) is 12.1 Å². The van der Waals surface area contributed by atoms with E-state index in [4.69, 9.17) is 22.1 Å². The third-order valence-electron chi connectivity index (χ3n) is 2.11. The van der Waals surface area contributed by atoms with Crippen LogP contribution in [0.15, 0.2) is 30.6 Å². The first-order valence-electron chi connectivity index (χ1n) is 4.98. The van der Waals surface area contributed by atoms with Crippen LogP contribution in [0.2, 0.25) is 5.02 Å². The molecule has 100 valence electrons. The molecule has 4 nitrogen and oxygen atoms in total. The minimum absolute atomic E-state index is 0.0321. The molecule has 2 N–H and O–H groups in total. The Morgan fingerprint density at radius 1 is 1.16 bits per heavy atom. The van der Waals surface area contributed by atoms with E-state index < -0.39 is 16.8 Å². The zero-order valence-corrected chi connectivity index (χ0v) is 10.0. The summed E-state index contributed by atoms with van der Waals surface area (Å²) in [5, 5.41) is -0.400. The van der Waals surface area contributed by atoms with Crippen molar-refractivity contribution in [2.24, 2.45) is 0 Å². The molecule has 0 aliphatic heterocycles. The van der Waals surface area contributed by atoms with Crippen LogP contribution < -0.4 is 10.5 Å². The maximum Gasteiger partial charge on any atom is 0.417 e. The van der Waals surface area contributed by atoms with Crippen LogP contribution in [-0.2, 0) is 6.18 Å². The molecule has 0 amide bonds. The van der Waals surface area contributed by atoms with Gasteiger partial charge >= 0.3 is 6.18 Å². The lowest BCUT2D eigenvalue weighted by Gasteiger charge is -2.11. The Morgan fingerprint density at radius 2 is 1.89 bits per heavy atom. The lowest BCUT2D eigenvalue weighted by molar-refractivity contribution is -0.137. The Bertz CT molecular complexity index is 587. The molecule has 0 fully saturated rings. The van der Waals surface area contributed by atoms with Crippen molar-refractivity contribution in [1.29, 1.82) is 0 Å². The van der Waals surface area contributed by atoms with Gasteiger partial charge in [0.25, 0.3) is 0 Å². The maximum absolute atomic E-state index is 12.6. The normalized spacial score (nSPS) is 11.4. The van der Waals surface area contributed by atoms with Crippen LogP contribution in [0.4, 0.5) is 19.0 Å². The fourth-order valence-electron chi connectivity index (χ4n) is 1.28. The van der Waals surface area contributed by atoms with Gasteiger partial charge in [0, 0.05) is 0 Å². The Morgan fingerprint density at radius 3 is 2.47 bits per heavy atom. The Labute approximate surface area is 111 Å². The van der Waals surface area contributed by atoms with E-state index in [0.29, 0.717) is 0 Å². The summed E-state index contributed by atoms with van der Waals surface area (Å²) in [7, 11) is 0. The van der Waals surface area contributed by atoms with E-state index in [2.05, 4.69) is 9.97 Å². The maximum atomic E-state index is 12.6. The lowest BCUT2D eigenvalue weighted by atomic mass is 10.2. The van der Waals surface area contributed by atoms with Crippen LogP contribution in [0.1, 0.15) is 5.56 Å². The van der Waals surface area contributed by atoms with Crippen LogP contribution in [0.25, 0.3) is 0 Å². The molecular weight excluding hydrogens is 283 g/mol. The fraction of sp³-hybridized carbons (Fsp3) is 0.0909. The standard InChI is InChI=1S/C11H7ClF3N3O/c12-8-2-1-6(3-7(8)11(13,14)15)19-10-5-17-9(16)4-18-10/h1-5H,(H2,16,17). The molecule has 0 atom stereocenters. The molecule has 8 heteroatoms. The van der Waals surface area contributed by atoms with E-state index in [1.54, 1.807) is 0 Å². The minimum Gasteiger partial charge on any atom is -0.437 e. The number of rotatable bonds is 2. The second kappa shape index (κ2) is 4.93. The average molecular weight is 290 g/mol. The third kappa shape index (κ3) is 3.25. The quantitative estimate of drug-likeness (QED) is 0.919. The zero-order valence-electron chi connectivity index (χ0n) is 9.28. The van der Waals surface area contributed by atoms with Crippen LogP contribution in [0.5, 0.6) is 11.6 Å². The first-order chi connectivity index (χ1) is 8.86. The van der Waals surface area contributed by atoms with Crippen LogP contribution in [0, 0.1) is 0 Å².